The predicted molar refractivity (Wildman–Crippen MR) is 130 cm³/mol. The highest BCUT2D eigenvalue weighted by Gasteiger charge is 2.44. The lowest BCUT2D eigenvalue weighted by molar-refractivity contribution is -0.148. The molecule has 0 radical (unpaired) electrons. The molecule has 0 saturated carbocycles. The van der Waals surface area contributed by atoms with Crippen molar-refractivity contribution < 1.29 is 42.9 Å². The zero-order chi connectivity index (χ0) is 27.0. The van der Waals surface area contributed by atoms with Crippen LogP contribution in [0.4, 0.5) is 0 Å². The number of hydrogen-bond acceptors (Lipinski definition) is 9. The number of hydrogen-bond donors (Lipinski definition) is 1. The van der Waals surface area contributed by atoms with E-state index in [1.807, 2.05) is 0 Å². The highest BCUT2D eigenvalue weighted by atomic mass is 16.6. The molecule has 37 heavy (non-hydrogen) atoms. The van der Waals surface area contributed by atoms with E-state index in [1.165, 1.54) is 18.2 Å². The molecule has 0 aliphatic carbocycles. The smallest absolute Gasteiger partial charge is 0.330 e. The van der Waals surface area contributed by atoms with Gasteiger partial charge in [0.15, 0.2) is 0 Å². The van der Waals surface area contributed by atoms with E-state index in [-0.39, 0.29) is 43.2 Å². The normalized spacial score (nSPS) is 17.8. The molecule has 0 aromatic heterocycles. The second kappa shape index (κ2) is 12.6. The Morgan fingerprint density at radius 1 is 1.00 bits per heavy atom. The summed E-state index contributed by atoms with van der Waals surface area (Å²) in [5, 5.41) is 2.17. The molecule has 4 amide bonds. The summed E-state index contributed by atoms with van der Waals surface area (Å²) in [7, 11) is 0. The number of amides is 4. The Morgan fingerprint density at radius 2 is 1.68 bits per heavy atom. The fourth-order valence-electron chi connectivity index (χ4n) is 3.75. The monoisotopic (exact) mass is 516 g/mol. The van der Waals surface area contributed by atoms with Gasteiger partial charge in [-0.25, -0.2) is 4.79 Å². The van der Waals surface area contributed by atoms with Crippen LogP contribution in [-0.4, -0.2) is 79.2 Å². The minimum Gasteiger partial charge on any atom is -0.491 e. The first kappa shape index (κ1) is 28.0. The fourth-order valence-corrected chi connectivity index (χ4v) is 3.75. The van der Waals surface area contributed by atoms with Crippen molar-refractivity contribution in [3.63, 3.8) is 0 Å². The van der Waals surface area contributed by atoms with E-state index in [9.17, 15) is 24.0 Å². The molecule has 3 rings (SSSR count). The maximum absolute atomic E-state index is 12.8. The van der Waals surface area contributed by atoms with Crippen LogP contribution >= 0.6 is 0 Å². The number of carbonyl (C=O) groups is 5. The summed E-state index contributed by atoms with van der Waals surface area (Å²) in [5.74, 6) is -2.22. The molecule has 11 nitrogen and oxygen atoms in total. The maximum Gasteiger partial charge on any atom is 0.330 e. The minimum absolute atomic E-state index is 0.0639. The van der Waals surface area contributed by atoms with Gasteiger partial charge in [-0.05, 0) is 51.8 Å². The summed E-state index contributed by atoms with van der Waals surface area (Å²) < 4.78 is 21.7. The third-order valence-electron chi connectivity index (χ3n) is 5.37. The van der Waals surface area contributed by atoms with Crippen LogP contribution in [-0.2, 0) is 28.6 Å². The first-order valence-electron chi connectivity index (χ1n) is 12.1. The first-order valence-corrected chi connectivity index (χ1v) is 12.1. The lowest BCUT2D eigenvalue weighted by Gasteiger charge is -2.27. The van der Waals surface area contributed by atoms with E-state index in [4.69, 9.17) is 18.9 Å². The number of nitrogens with one attached hydrogen (secondary N) is 1. The van der Waals surface area contributed by atoms with Gasteiger partial charge in [0.1, 0.15) is 24.0 Å². The third-order valence-corrected chi connectivity index (χ3v) is 5.37. The van der Waals surface area contributed by atoms with E-state index in [2.05, 4.69) is 5.32 Å². The number of rotatable bonds is 12. The molecule has 1 fully saturated rings. The summed E-state index contributed by atoms with van der Waals surface area (Å²) in [6.45, 7) is 7.10. The molecule has 1 aromatic carbocycles. The summed E-state index contributed by atoms with van der Waals surface area (Å²) in [6.07, 6.45) is 3.82. The zero-order valence-electron chi connectivity index (χ0n) is 21.2. The quantitative estimate of drug-likeness (QED) is 0.191. The SMILES string of the molecule is CC(C)(C)OC(=O)/C=C/CCOCCOCCOc1ccc2c(c1)C(=O)N(C1CCC(=O)NC1=O)C2=O. The number of imide groups is 2. The molecule has 1 atom stereocenters. The van der Waals surface area contributed by atoms with E-state index in [0.29, 0.717) is 32.0 Å². The van der Waals surface area contributed by atoms with Crippen LogP contribution in [0.1, 0.15) is 60.7 Å². The molecule has 1 unspecified atom stereocenters. The number of nitrogens with zero attached hydrogens (tertiary/aromatic N) is 1. The van der Waals surface area contributed by atoms with Crippen LogP contribution in [0.2, 0.25) is 0 Å². The Hall–Kier alpha value is -3.57. The van der Waals surface area contributed by atoms with Gasteiger partial charge in [0, 0.05) is 12.5 Å². The van der Waals surface area contributed by atoms with Gasteiger partial charge in [-0.3, -0.25) is 29.4 Å². The molecule has 1 aromatic rings. The minimum atomic E-state index is -1.01. The van der Waals surface area contributed by atoms with Gasteiger partial charge in [0.2, 0.25) is 11.8 Å². The second-order valence-corrected chi connectivity index (χ2v) is 9.45. The summed E-state index contributed by atoms with van der Waals surface area (Å²) in [5.41, 5.74) is -0.173. The van der Waals surface area contributed by atoms with Crippen molar-refractivity contribution in [3.05, 3.63) is 41.5 Å². The first-order chi connectivity index (χ1) is 17.6. The van der Waals surface area contributed by atoms with Crippen molar-refractivity contribution in [2.24, 2.45) is 0 Å². The van der Waals surface area contributed by atoms with E-state index in [1.54, 1.807) is 32.9 Å². The van der Waals surface area contributed by atoms with Crippen LogP contribution in [0.5, 0.6) is 5.75 Å². The lowest BCUT2D eigenvalue weighted by Crippen LogP contribution is -2.54. The molecule has 0 bridgehead atoms. The van der Waals surface area contributed by atoms with Gasteiger partial charge < -0.3 is 18.9 Å². The topological polar surface area (TPSA) is 138 Å². The maximum atomic E-state index is 12.8. The van der Waals surface area contributed by atoms with Gasteiger partial charge in [-0.2, -0.15) is 0 Å². The highest BCUT2D eigenvalue weighted by molar-refractivity contribution is 6.23. The van der Waals surface area contributed by atoms with Gasteiger partial charge in [0.05, 0.1) is 37.6 Å². The average Bonchev–Trinajstić information content (AvgIpc) is 3.06. The number of piperidine rings is 1. The molecule has 2 heterocycles. The Bertz CT molecular complexity index is 1070. The van der Waals surface area contributed by atoms with Crippen molar-refractivity contribution in [2.75, 3.05) is 33.0 Å². The zero-order valence-corrected chi connectivity index (χ0v) is 21.2. The van der Waals surface area contributed by atoms with Gasteiger partial charge in [0.25, 0.3) is 11.8 Å². The predicted octanol–water partition coefficient (Wildman–Crippen LogP) is 1.79. The van der Waals surface area contributed by atoms with Crippen molar-refractivity contribution >= 4 is 29.6 Å². The number of carbonyl (C=O) groups excluding carboxylic acids is 5. The molecular formula is C26H32N2O9. The van der Waals surface area contributed by atoms with Crippen molar-refractivity contribution in [1.82, 2.24) is 10.2 Å². The van der Waals surface area contributed by atoms with Crippen LogP contribution in [0.15, 0.2) is 30.4 Å². The fraction of sp³-hybridized carbons (Fsp3) is 0.500. The van der Waals surface area contributed by atoms with Gasteiger partial charge in [-0.15, -0.1) is 0 Å². The molecule has 11 heteroatoms. The van der Waals surface area contributed by atoms with Gasteiger partial charge >= 0.3 is 5.97 Å². The van der Waals surface area contributed by atoms with Gasteiger partial charge in [-0.1, -0.05) is 6.08 Å². The number of esters is 1. The van der Waals surface area contributed by atoms with E-state index >= 15 is 0 Å². The molecule has 200 valence electrons. The molecule has 1 saturated heterocycles. The Morgan fingerprint density at radius 3 is 2.38 bits per heavy atom. The largest absolute Gasteiger partial charge is 0.491 e. The van der Waals surface area contributed by atoms with Crippen LogP contribution in [0.25, 0.3) is 0 Å². The Labute approximate surface area is 215 Å². The Balaban J connectivity index is 1.33. The average molecular weight is 517 g/mol. The molecule has 2 aliphatic heterocycles. The standard InChI is InChI=1S/C26H32N2O9/c1-26(2,3)37-22(30)6-4-5-11-34-12-13-35-14-15-36-17-7-8-18-19(16-17)25(33)28(24(18)32)20-9-10-21(29)27-23(20)31/h4,6-8,16,20H,5,9-15H2,1-3H3,(H,27,29,31)/b6-4+. The van der Waals surface area contributed by atoms with E-state index in [0.717, 1.165) is 4.90 Å². The van der Waals surface area contributed by atoms with Crippen LogP contribution in [0, 0.1) is 0 Å². The molecular weight excluding hydrogens is 484 g/mol. The van der Waals surface area contributed by atoms with Crippen molar-refractivity contribution in [1.29, 1.82) is 0 Å². The summed E-state index contributed by atoms with van der Waals surface area (Å²) in [6, 6.07) is 3.52. The molecule has 2 aliphatic rings. The summed E-state index contributed by atoms with van der Waals surface area (Å²) in [4.78, 5) is 61.5. The lowest BCUT2D eigenvalue weighted by atomic mass is 10.0. The van der Waals surface area contributed by atoms with Crippen molar-refractivity contribution in [3.8, 4) is 5.75 Å². The third kappa shape index (κ3) is 7.96. The van der Waals surface area contributed by atoms with E-state index < -0.39 is 35.3 Å². The number of ether oxygens (including phenoxy) is 4. The highest BCUT2D eigenvalue weighted by Crippen LogP contribution is 2.30. The second-order valence-electron chi connectivity index (χ2n) is 9.45. The molecule has 1 N–H and O–H groups in total. The number of fused-ring (bicyclic) bond motifs is 1. The van der Waals surface area contributed by atoms with Crippen LogP contribution in [0.3, 0.4) is 0 Å². The Kier molecular flexibility index (Phi) is 9.54. The van der Waals surface area contributed by atoms with Crippen molar-refractivity contribution in [2.45, 2.75) is 51.7 Å². The molecule has 0 spiro atoms. The van der Waals surface area contributed by atoms with Crippen LogP contribution < -0.4 is 10.1 Å². The number of benzene rings is 1. The summed E-state index contributed by atoms with van der Waals surface area (Å²) >= 11 is 0.